The Morgan fingerprint density at radius 2 is 2.03 bits per heavy atom. The van der Waals surface area contributed by atoms with Gasteiger partial charge in [-0.25, -0.2) is 26.4 Å². The third-order valence-corrected chi connectivity index (χ3v) is 6.16. The lowest BCUT2D eigenvalue weighted by molar-refractivity contribution is -0.139. The summed E-state index contributed by atoms with van der Waals surface area (Å²) in [5.74, 6) is -3.06. The quantitative estimate of drug-likeness (QED) is 0.358. The molecule has 3 aromatic rings. The molecular formula is C22H20FN3O6S. The van der Waals surface area contributed by atoms with Gasteiger partial charge in [-0.15, -0.1) is 0 Å². The van der Waals surface area contributed by atoms with E-state index in [4.69, 9.17) is 9.84 Å². The molecule has 2 aromatic heterocycles. The Hall–Kier alpha value is -3.83. The van der Waals surface area contributed by atoms with Crippen molar-refractivity contribution in [3.8, 4) is 11.3 Å². The van der Waals surface area contributed by atoms with E-state index < -0.39 is 34.4 Å². The Morgan fingerprint density at radius 3 is 2.70 bits per heavy atom. The number of esters is 1. The van der Waals surface area contributed by atoms with Crippen molar-refractivity contribution in [2.24, 2.45) is 0 Å². The highest BCUT2D eigenvalue weighted by Crippen LogP contribution is 2.30. The maximum atomic E-state index is 15.3. The van der Waals surface area contributed by atoms with Crippen LogP contribution in [0.2, 0.25) is 0 Å². The van der Waals surface area contributed by atoms with E-state index in [1.807, 2.05) is 0 Å². The average molecular weight is 473 g/mol. The molecule has 0 bridgehead atoms. The smallest absolute Gasteiger partial charge is 0.331 e. The molecular weight excluding hydrogens is 453 g/mol. The first-order valence-corrected chi connectivity index (χ1v) is 11.0. The van der Waals surface area contributed by atoms with Crippen LogP contribution in [0.3, 0.4) is 0 Å². The second kappa shape index (κ2) is 10.2. The van der Waals surface area contributed by atoms with Gasteiger partial charge in [-0.1, -0.05) is 12.1 Å². The Morgan fingerprint density at radius 1 is 1.24 bits per heavy atom. The number of halogens is 1. The van der Waals surface area contributed by atoms with E-state index in [-0.39, 0.29) is 21.7 Å². The van der Waals surface area contributed by atoms with Crippen LogP contribution in [0, 0.1) is 5.82 Å². The van der Waals surface area contributed by atoms with Gasteiger partial charge in [-0.2, -0.15) is 0 Å². The van der Waals surface area contributed by atoms with Crippen molar-refractivity contribution in [1.82, 2.24) is 14.3 Å². The number of benzene rings is 1. The molecule has 0 aliphatic carbocycles. The summed E-state index contributed by atoms with van der Waals surface area (Å²) < 4.78 is 47.7. The van der Waals surface area contributed by atoms with Crippen LogP contribution in [-0.2, 0) is 37.5 Å². The lowest BCUT2D eigenvalue weighted by atomic mass is 10.1. The van der Waals surface area contributed by atoms with Gasteiger partial charge in [0.2, 0.25) is 0 Å². The molecule has 0 spiro atoms. The maximum Gasteiger partial charge on any atom is 0.331 e. The molecule has 0 amide bonds. The fourth-order valence-corrected chi connectivity index (χ4v) is 4.39. The molecule has 3 rings (SSSR count). The summed E-state index contributed by atoms with van der Waals surface area (Å²) in [5, 5.41) is 11.5. The van der Waals surface area contributed by atoms with Gasteiger partial charge in [0.25, 0.3) is 10.0 Å². The predicted octanol–water partition coefficient (Wildman–Crippen LogP) is 2.33. The highest BCUT2D eigenvalue weighted by molar-refractivity contribution is 7.90. The lowest BCUT2D eigenvalue weighted by Crippen LogP contribution is -2.14. The molecule has 1 aromatic carbocycles. The first-order valence-electron chi connectivity index (χ1n) is 9.61. The fourth-order valence-electron chi connectivity index (χ4n) is 3.03. The number of carboxylic acids is 1. The first kappa shape index (κ1) is 23.8. The Kier molecular flexibility index (Phi) is 7.36. The number of nitrogens with one attached hydrogen (secondary N) is 1. The van der Waals surface area contributed by atoms with E-state index in [1.54, 1.807) is 13.1 Å². The highest BCUT2D eigenvalue weighted by Gasteiger charge is 2.24. The number of ether oxygens (including phenoxy) is 1. The zero-order chi connectivity index (χ0) is 24.0. The summed E-state index contributed by atoms with van der Waals surface area (Å²) >= 11 is 0. The Labute approximate surface area is 189 Å². The highest BCUT2D eigenvalue weighted by atomic mass is 32.2. The molecule has 2 heterocycles. The number of hydrogen-bond donors (Lipinski definition) is 2. The molecule has 2 N–H and O–H groups in total. The zero-order valence-electron chi connectivity index (χ0n) is 17.4. The number of pyridine rings is 1. The zero-order valence-corrected chi connectivity index (χ0v) is 18.3. The third-order valence-electron chi connectivity index (χ3n) is 4.50. The van der Waals surface area contributed by atoms with Gasteiger partial charge in [0.15, 0.2) is 0 Å². The van der Waals surface area contributed by atoms with Crippen molar-refractivity contribution in [2.75, 3.05) is 7.05 Å². The van der Waals surface area contributed by atoms with E-state index in [9.17, 15) is 18.0 Å². The van der Waals surface area contributed by atoms with Gasteiger partial charge >= 0.3 is 11.9 Å². The van der Waals surface area contributed by atoms with Gasteiger partial charge in [0.1, 0.15) is 17.3 Å². The molecule has 0 saturated heterocycles. The van der Waals surface area contributed by atoms with Gasteiger partial charge in [-0.05, 0) is 36.9 Å². The number of carbonyl (C=O) groups excluding carboxylic acids is 1. The van der Waals surface area contributed by atoms with Crippen LogP contribution in [0.25, 0.3) is 11.3 Å². The lowest BCUT2D eigenvalue weighted by Gasteiger charge is -2.13. The van der Waals surface area contributed by atoms with Gasteiger partial charge in [0, 0.05) is 48.4 Å². The van der Waals surface area contributed by atoms with Crippen molar-refractivity contribution >= 4 is 22.0 Å². The second-order valence-corrected chi connectivity index (χ2v) is 8.63. The molecule has 11 heteroatoms. The minimum Gasteiger partial charge on any atom is -0.478 e. The van der Waals surface area contributed by atoms with Crippen LogP contribution >= 0.6 is 0 Å². The standard InChI is InChI=1S/C22H20FN3O6S/c1-24-11-15-10-19(26(13-15)33(30,31)17-5-3-9-25-12-17)18-6-2-4-16(22(18)23)14-32-21(29)8-7-20(27)28/h2-10,12-13,24H,11,14H2,1H3,(H,27,28). The predicted molar refractivity (Wildman–Crippen MR) is 116 cm³/mol. The molecule has 0 aliphatic heterocycles. The summed E-state index contributed by atoms with van der Waals surface area (Å²) in [7, 11) is -2.38. The number of rotatable bonds is 9. The van der Waals surface area contributed by atoms with Crippen LogP contribution in [0.15, 0.2) is 72.0 Å². The summed E-state index contributed by atoms with van der Waals surface area (Å²) in [5.41, 5.74) is 0.668. The van der Waals surface area contributed by atoms with Crippen molar-refractivity contribution in [1.29, 1.82) is 0 Å². The average Bonchev–Trinajstić information content (AvgIpc) is 3.22. The molecule has 0 fully saturated rings. The number of nitrogens with zero attached hydrogens (tertiary/aromatic N) is 2. The molecule has 0 saturated carbocycles. The largest absolute Gasteiger partial charge is 0.478 e. The van der Waals surface area contributed by atoms with Gasteiger partial charge in [-0.3, -0.25) is 4.98 Å². The van der Waals surface area contributed by atoms with E-state index in [0.29, 0.717) is 24.3 Å². The third kappa shape index (κ3) is 5.51. The van der Waals surface area contributed by atoms with E-state index in [0.717, 1.165) is 3.97 Å². The van der Waals surface area contributed by atoms with Crippen LogP contribution in [0.4, 0.5) is 4.39 Å². The van der Waals surface area contributed by atoms with Crippen molar-refractivity contribution in [3.05, 3.63) is 84.1 Å². The fraction of sp³-hybridized carbons (Fsp3) is 0.136. The molecule has 9 nitrogen and oxygen atoms in total. The topological polar surface area (TPSA) is 128 Å². The first-order chi connectivity index (χ1) is 15.7. The second-order valence-electron chi connectivity index (χ2n) is 6.81. The number of aliphatic carboxylic acids is 1. The van der Waals surface area contributed by atoms with Crippen molar-refractivity contribution < 1.29 is 32.2 Å². The van der Waals surface area contributed by atoms with Crippen molar-refractivity contribution in [2.45, 2.75) is 18.0 Å². The molecule has 172 valence electrons. The van der Waals surface area contributed by atoms with Crippen LogP contribution < -0.4 is 5.32 Å². The van der Waals surface area contributed by atoms with Gasteiger partial charge in [0.05, 0.1) is 5.69 Å². The summed E-state index contributed by atoms with van der Waals surface area (Å²) in [6.07, 6.45) is 5.36. The van der Waals surface area contributed by atoms with E-state index in [2.05, 4.69) is 10.3 Å². The normalized spacial score (nSPS) is 11.6. The molecule has 0 unspecified atom stereocenters. The Balaban J connectivity index is 2.02. The number of carboxylic acid groups (broad SMARTS) is 1. The summed E-state index contributed by atoms with van der Waals surface area (Å²) in [6.45, 7) is -0.126. The molecule has 0 atom stereocenters. The Bertz CT molecular complexity index is 1300. The summed E-state index contributed by atoms with van der Waals surface area (Å²) in [6, 6.07) is 8.72. The summed E-state index contributed by atoms with van der Waals surface area (Å²) in [4.78, 5) is 25.9. The maximum absolute atomic E-state index is 15.3. The monoisotopic (exact) mass is 473 g/mol. The number of aromatic nitrogens is 2. The van der Waals surface area contributed by atoms with Crippen LogP contribution in [0.5, 0.6) is 0 Å². The SMILES string of the molecule is CNCc1cc(-c2cccc(COC(=O)C=CC(=O)O)c2F)n(S(=O)(=O)c2cccnc2)c1. The number of hydrogen-bond acceptors (Lipinski definition) is 7. The molecule has 0 aliphatic rings. The molecule has 0 radical (unpaired) electrons. The minimum absolute atomic E-state index is 0.00809. The minimum atomic E-state index is -4.08. The van der Waals surface area contributed by atoms with Crippen molar-refractivity contribution in [3.63, 3.8) is 0 Å². The van der Waals surface area contributed by atoms with E-state index in [1.165, 1.54) is 48.9 Å². The van der Waals surface area contributed by atoms with Crippen LogP contribution in [0.1, 0.15) is 11.1 Å². The van der Waals surface area contributed by atoms with E-state index >= 15 is 4.39 Å². The molecule has 33 heavy (non-hydrogen) atoms. The van der Waals surface area contributed by atoms with Crippen LogP contribution in [-0.4, -0.2) is 41.5 Å². The van der Waals surface area contributed by atoms with Gasteiger partial charge < -0.3 is 15.2 Å². The number of carbonyl (C=O) groups is 2.